The number of likely N-dealkylation sites (N-methyl/N-ethyl adjacent to an activating group) is 1. The lowest BCUT2D eigenvalue weighted by Gasteiger charge is -2.37. The molecule has 1 aromatic carbocycles. The Bertz CT molecular complexity index is 366. The van der Waals surface area contributed by atoms with Gasteiger partial charge in [-0.3, -0.25) is 4.90 Å². The Hall–Kier alpha value is -0.640. The number of nitrogens with one attached hydrogen (secondary N) is 1. The quantitative estimate of drug-likeness (QED) is 0.872. The van der Waals surface area contributed by atoms with Crippen LogP contribution in [0.15, 0.2) is 18.2 Å². The maximum Gasteiger partial charge on any atom is 0.129 e. The Labute approximate surface area is 100 Å². The van der Waals surface area contributed by atoms with E-state index in [0.717, 1.165) is 25.2 Å². The average Bonchev–Trinajstić information content (AvgIpc) is 2.18. The van der Waals surface area contributed by atoms with Crippen molar-refractivity contribution >= 4 is 11.6 Å². The van der Waals surface area contributed by atoms with Crippen LogP contribution in [0.25, 0.3) is 0 Å². The monoisotopic (exact) mass is 242 g/mol. The Balaban J connectivity index is 2.06. The molecule has 1 heterocycles. The second-order valence-electron chi connectivity index (χ2n) is 4.11. The first-order valence-electron chi connectivity index (χ1n) is 5.59. The van der Waals surface area contributed by atoms with Gasteiger partial charge in [0.05, 0.1) is 0 Å². The highest BCUT2D eigenvalue weighted by atomic mass is 35.5. The maximum atomic E-state index is 13.6. The molecule has 1 aromatic rings. The number of benzene rings is 1. The zero-order chi connectivity index (χ0) is 11.5. The minimum atomic E-state index is -0.210. The van der Waals surface area contributed by atoms with Gasteiger partial charge in [0.25, 0.3) is 0 Å². The summed E-state index contributed by atoms with van der Waals surface area (Å²) in [4.78, 5) is 2.28. The first-order valence-corrected chi connectivity index (χ1v) is 5.97. The van der Waals surface area contributed by atoms with E-state index in [1.54, 1.807) is 12.1 Å². The van der Waals surface area contributed by atoms with Gasteiger partial charge in [0.2, 0.25) is 0 Å². The number of hydrogen-bond donors (Lipinski definition) is 1. The van der Waals surface area contributed by atoms with Gasteiger partial charge in [-0.05, 0) is 18.7 Å². The Morgan fingerprint density at radius 3 is 2.75 bits per heavy atom. The number of rotatable bonds is 4. The maximum absolute atomic E-state index is 13.6. The molecule has 0 bridgehead atoms. The molecule has 4 heteroatoms. The van der Waals surface area contributed by atoms with Crippen LogP contribution in [0.3, 0.4) is 0 Å². The molecule has 2 rings (SSSR count). The van der Waals surface area contributed by atoms with Crippen molar-refractivity contribution in [1.82, 2.24) is 10.2 Å². The molecule has 0 saturated carbocycles. The topological polar surface area (TPSA) is 15.3 Å². The van der Waals surface area contributed by atoms with Crippen LogP contribution in [0.5, 0.6) is 0 Å². The molecule has 1 aliphatic heterocycles. The first-order chi connectivity index (χ1) is 7.70. The van der Waals surface area contributed by atoms with Gasteiger partial charge < -0.3 is 5.32 Å². The number of halogens is 2. The van der Waals surface area contributed by atoms with Gasteiger partial charge >= 0.3 is 0 Å². The van der Waals surface area contributed by atoms with E-state index in [9.17, 15) is 4.39 Å². The SMILES string of the molecule is CCN(Cc1ccc(Cl)cc1F)C1CNC1. The summed E-state index contributed by atoms with van der Waals surface area (Å²) in [5.74, 6) is -0.210. The van der Waals surface area contributed by atoms with Gasteiger partial charge in [-0.15, -0.1) is 0 Å². The fourth-order valence-electron chi connectivity index (χ4n) is 1.90. The summed E-state index contributed by atoms with van der Waals surface area (Å²) in [6.07, 6.45) is 0. The van der Waals surface area contributed by atoms with E-state index < -0.39 is 0 Å². The van der Waals surface area contributed by atoms with Crippen molar-refractivity contribution in [1.29, 1.82) is 0 Å². The van der Waals surface area contributed by atoms with E-state index in [1.807, 2.05) is 0 Å². The van der Waals surface area contributed by atoms with Crippen LogP contribution in [-0.2, 0) is 6.54 Å². The first kappa shape index (κ1) is 11.8. The molecule has 0 aliphatic carbocycles. The summed E-state index contributed by atoms with van der Waals surface area (Å²) < 4.78 is 13.6. The molecule has 1 aliphatic rings. The van der Waals surface area contributed by atoms with Crippen molar-refractivity contribution in [2.24, 2.45) is 0 Å². The second kappa shape index (κ2) is 5.13. The van der Waals surface area contributed by atoms with Crippen molar-refractivity contribution in [3.63, 3.8) is 0 Å². The van der Waals surface area contributed by atoms with E-state index in [0.29, 0.717) is 17.6 Å². The third-order valence-electron chi connectivity index (χ3n) is 3.07. The number of nitrogens with zero attached hydrogens (tertiary/aromatic N) is 1. The molecule has 0 radical (unpaired) electrons. The highest BCUT2D eigenvalue weighted by Gasteiger charge is 2.23. The summed E-state index contributed by atoms with van der Waals surface area (Å²) in [5, 5.41) is 3.68. The van der Waals surface area contributed by atoms with Crippen molar-refractivity contribution in [3.8, 4) is 0 Å². The van der Waals surface area contributed by atoms with Crippen LogP contribution in [0.1, 0.15) is 12.5 Å². The van der Waals surface area contributed by atoms with Crippen LogP contribution in [0.4, 0.5) is 4.39 Å². The van der Waals surface area contributed by atoms with Gasteiger partial charge in [-0.2, -0.15) is 0 Å². The second-order valence-corrected chi connectivity index (χ2v) is 4.55. The lowest BCUT2D eigenvalue weighted by Crippen LogP contribution is -2.56. The minimum Gasteiger partial charge on any atom is -0.314 e. The average molecular weight is 243 g/mol. The highest BCUT2D eigenvalue weighted by molar-refractivity contribution is 6.30. The van der Waals surface area contributed by atoms with Crippen LogP contribution in [-0.4, -0.2) is 30.6 Å². The molecular formula is C12H16ClFN2. The lowest BCUT2D eigenvalue weighted by atomic mass is 10.1. The Kier molecular flexibility index (Phi) is 3.79. The van der Waals surface area contributed by atoms with Crippen molar-refractivity contribution in [3.05, 3.63) is 34.6 Å². The summed E-state index contributed by atoms with van der Waals surface area (Å²) in [7, 11) is 0. The molecule has 0 unspecified atom stereocenters. The Morgan fingerprint density at radius 2 is 2.25 bits per heavy atom. The fourth-order valence-corrected chi connectivity index (χ4v) is 2.06. The van der Waals surface area contributed by atoms with Gasteiger partial charge in [0, 0.05) is 36.3 Å². The molecule has 16 heavy (non-hydrogen) atoms. The van der Waals surface area contributed by atoms with Crippen LogP contribution >= 0.6 is 11.6 Å². The Morgan fingerprint density at radius 1 is 1.50 bits per heavy atom. The molecule has 1 N–H and O–H groups in total. The molecule has 0 spiro atoms. The molecule has 0 aromatic heterocycles. The third-order valence-corrected chi connectivity index (χ3v) is 3.31. The summed E-state index contributed by atoms with van der Waals surface area (Å²) in [6, 6.07) is 5.43. The molecular weight excluding hydrogens is 227 g/mol. The van der Waals surface area contributed by atoms with Crippen molar-refractivity contribution < 1.29 is 4.39 Å². The van der Waals surface area contributed by atoms with E-state index >= 15 is 0 Å². The predicted molar refractivity (Wildman–Crippen MR) is 64.2 cm³/mol. The van der Waals surface area contributed by atoms with E-state index in [1.165, 1.54) is 6.07 Å². The summed E-state index contributed by atoms with van der Waals surface area (Å²) in [5.41, 5.74) is 0.721. The van der Waals surface area contributed by atoms with Gasteiger partial charge in [0.1, 0.15) is 5.82 Å². The van der Waals surface area contributed by atoms with E-state index in [2.05, 4.69) is 17.1 Å². The van der Waals surface area contributed by atoms with Crippen LogP contribution < -0.4 is 5.32 Å². The zero-order valence-corrected chi connectivity index (χ0v) is 10.1. The predicted octanol–water partition coefficient (Wildman–Crippen LogP) is 2.27. The van der Waals surface area contributed by atoms with E-state index in [4.69, 9.17) is 11.6 Å². The van der Waals surface area contributed by atoms with Crippen molar-refractivity contribution in [2.45, 2.75) is 19.5 Å². The highest BCUT2D eigenvalue weighted by Crippen LogP contribution is 2.18. The normalized spacial score (nSPS) is 16.5. The summed E-state index contributed by atoms with van der Waals surface area (Å²) >= 11 is 5.72. The largest absolute Gasteiger partial charge is 0.314 e. The van der Waals surface area contributed by atoms with Gasteiger partial charge in [0.15, 0.2) is 0 Å². The molecule has 1 fully saturated rings. The third kappa shape index (κ3) is 2.54. The van der Waals surface area contributed by atoms with Gasteiger partial charge in [-0.1, -0.05) is 24.6 Å². The van der Waals surface area contributed by atoms with E-state index in [-0.39, 0.29) is 5.82 Å². The standard InChI is InChI=1S/C12H16ClFN2/c1-2-16(11-6-15-7-11)8-9-3-4-10(13)5-12(9)14/h3-5,11,15H,2,6-8H2,1H3. The van der Waals surface area contributed by atoms with Crippen molar-refractivity contribution in [2.75, 3.05) is 19.6 Å². The summed E-state index contributed by atoms with van der Waals surface area (Å²) in [6.45, 7) is 5.71. The van der Waals surface area contributed by atoms with Crippen LogP contribution in [0.2, 0.25) is 5.02 Å². The molecule has 2 nitrogen and oxygen atoms in total. The molecule has 0 atom stereocenters. The molecule has 0 amide bonds. The lowest BCUT2D eigenvalue weighted by molar-refractivity contribution is 0.143. The van der Waals surface area contributed by atoms with Gasteiger partial charge in [-0.25, -0.2) is 4.39 Å². The molecule has 1 saturated heterocycles. The molecule has 88 valence electrons. The minimum absolute atomic E-state index is 0.210. The van der Waals surface area contributed by atoms with Crippen LogP contribution in [0, 0.1) is 5.82 Å². The fraction of sp³-hybridized carbons (Fsp3) is 0.500. The zero-order valence-electron chi connectivity index (χ0n) is 9.34. The number of hydrogen-bond acceptors (Lipinski definition) is 2. The smallest absolute Gasteiger partial charge is 0.129 e.